The highest BCUT2D eigenvalue weighted by Crippen LogP contribution is 2.60. The summed E-state index contributed by atoms with van der Waals surface area (Å²) in [6.45, 7) is 3.12. The van der Waals surface area contributed by atoms with Crippen molar-refractivity contribution in [3.8, 4) is 33.9 Å². The zero-order valence-electron chi connectivity index (χ0n) is 26.6. The lowest BCUT2D eigenvalue weighted by molar-refractivity contribution is 0.665. The standard InChI is InChI=1S/C43H33N5/c1-2-47-38-22-11-9-20-33(38)41-34-24-25-44-28-40(34)48(42(41)35-21-10-12-23-39(35)47)32-19-13-18-31(26-32)37-27-36(29-14-5-3-6-15-29)45-43(46-37)30-16-7-4-8-17-30/h3-28,41-42H,2H2,1H3. The second kappa shape index (κ2) is 11.6. The number of anilines is 4. The van der Waals surface area contributed by atoms with Crippen LogP contribution in [-0.2, 0) is 0 Å². The average molecular weight is 620 g/mol. The Morgan fingerprint density at radius 3 is 1.90 bits per heavy atom. The smallest absolute Gasteiger partial charge is 0.160 e. The Bertz CT molecular complexity index is 2210. The predicted molar refractivity (Wildman–Crippen MR) is 195 cm³/mol. The van der Waals surface area contributed by atoms with Crippen LogP contribution in [-0.4, -0.2) is 21.5 Å². The van der Waals surface area contributed by atoms with Crippen molar-refractivity contribution in [3.63, 3.8) is 0 Å². The third-order valence-electron chi connectivity index (χ3n) is 9.69. The summed E-state index contributed by atoms with van der Waals surface area (Å²) in [5.41, 5.74) is 13.6. The van der Waals surface area contributed by atoms with E-state index in [9.17, 15) is 0 Å². The topological polar surface area (TPSA) is 45.2 Å². The Kier molecular flexibility index (Phi) is 6.82. The number of para-hydroxylation sites is 2. The molecule has 5 heteroatoms. The SMILES string of the molecule is CCN1c2ccccc2C2c3ccncc3N(c3cccc(-c4cc(-c5ccccc5)nc(-c5ccccc5)n4)c3)C2c2ccccc21. The first-order valence-electron chi connectivity index (χ1n) is 16.6. The number of rotatable bonds is 5. The van der Waals surface area contributed by atoms with Gasteiger partial charge in [-0.05, 0) is 60.0 Å². The van der Waals surface area contributed by atoms with Crippen LogP contribution in [0.2, 0.25) is 0 Å². The molecule has 4 heterocycles. The van der Waals surface area contributed by atoms with Gasteiger partial charge in [-0.2, -0.15) is 0 Å². The van der Waals surface area contributed by atoms with E-state index in [1.165, 1.54) is 28.1 Å². The van der Waals surface area contributed by atoms with Gasteiger partial charge in [0.25, 0.3) is 0 Å². The highest BCUT2D eigenvalue weighted by molar-refractivity contribution is 5.84. The van der Waals surface area contributed by atoms with E-state index in [1.807, 2.05) is 36.7 Å². The number of hydrogen-bond donors (Lipinski definition) is 0. The molecule has 0 saturated heterocycles. The van der Waals surface area contributed by atoms with Gasteiger partial charge in [0.1, 0.15) is 0 Å². The highest BCUT2D eigenvalue weighted by Gasteiger charge is 2.45. The van der Waals surface area contributed by atoms with E-state index >= 15 is 0 Å². The van der Waals surface area contributed by atoms with Gasteiger partial charge >= 0.3 is 0 Å². The molecule has 2 aliphatic heterocycles. The number of aromatic nitrogens is 3. The maximum atomic E-state index is 5.15. The summed E-state index contributed by atoms with van der Waals surface area (Å²) in [6, 6.07) is 51.6. The molecule has 230 valence electrons. The van der Waals surface area contributed by atoms with Crippen molar-refractivity contribution in [1.82, 2.24) is 15.0 Å². The number of pyridine rings is 1. The molecule has 2 unspecified atom stereocenters. The molecule has 9 rings (SSSR count). The summed E-state index contributed by atoms with van der Waals surface area (Å²) < 4.78 is 0. The fraction of sp³-hybridized carbons (Fsp3) is 0.0930. The van der Waals surface area contributed by atoms with E-state index in [4.69, 9.17) is 9.97 Å². The molecular weight excluding hydrogens is 587 g/mol. The van der Waals surface area contributed by atoms with Gasteiger partial charge in [-0.25, -0.2) is 9.97 Å². The minimum absolute atomic E-state index is 0.0403. The molecule has 0 fully saturated rings. The first kappa shape index (κ1) is 28.2. The molecule has 2 aromatic heterocycles. The third kappa shape index (κ3) is 4.58. The van der Waals surface area contributed by atoms with Crippen molar-refractivity contribution in [2.45, 2.75) is 18.9 Å². The summed E-state index contributed by atoms with van der Waals surface area (Å²) >= 11 is 0. The summed E-state index contributed by atoms with van der Waals surface area (Å²) in [4.78, 5) is 19.8. The van der Waals surface area contributed by atoms with Crippen LogP contribution in [0.1, 0.15) is 35.6 Å². The van der Waals surface area contributed by atoms with Crippen molar-refractivity contribution in [3.05, 3.63) is 175 Å². The van der Waals surface area contributed by atoms with E-state index in [2.05, 4.69) is 143 Å². The average Bonchev–Trinajstić information content (AvgIpc) is 3.45. The Balaban J connectivity index is 1.24. The molecule has 5 aromatic carbocycles. The van der Waals surface area contributed by atoms with Crippen LogP contribution in [0, 0.1) is 0 Å². The van der Waals surface area contributed by atoms with Crippen LogP contribution in [0.15, 0.2) is 158 Å². The van der Waals surface area contributed by atoms with E-state index < -0.39 is 0 Å². The lowest BCUT2D eigenvalue weighted by atomic mass is 9.84. The molecule has 0 spiro atoms. The summed E-state index contributed by atoms with van der Waals surface area (Å²) in [5.74, 6) is 0.844. The molecule has 0 N–H and O–H groups in total. The van der Waals surface area contributed by atoms with Crippen molar-refractivity contribution < 1.29 is 0 Å². The van der Waals surface area contributed by atoms with E-state index in [-0.39, 0.29) is 12.0 Å². The lowest BCUT2D eigenvalue weighted by Crippen LogP contribution is -2.23. The Hall–Kier alpha value is -6.07. The van der Waals surface area contributed by atoms with Crippen LogP contribution < -0.4 is 9.80 Å². The number of benzene rings is 5. The maximum Gasteiger partial charge on any atom is 0.160 e. The number of hydrogen-bond acceptors (Lipinski definition) is 5. The zero-order valence-corrected chi connectivity index (χ0v) is 26.6. The molecule has 2 atom stereocenters. The van der Waals surface area contributed by atoms with Gasteiger partial charge in [-0.1, -0.05) is 109 Å². The summed E-state index contributed by atoms with van der Waals surface area (Å²) in [7, 11) is 0. The van der Waals surface area contributed by atoms with Crippen molar-refractivity contribution in [1.29, 1.82) is 0 Å². The molecule has 0 saturated carbocycles. The maximum absolute atomic E-state index is 5.15. The van der Waals surface area contributed by atoms with Crippen LogP contribution in [0.3, 0.4) is 0 Å². The van der Waals surface area contributed by atoms with E-state index in [1.54, 1.807) is 0 Å². The molecule has 2 aliphatic rings. The van der Waals surface area contributed by atoms with Gasteiger partial charge < -0.3 is 9.80 Å². The van der Waals surface area contributed by atoms with Gasteiger partial charge in [0, 0.05) is 52.4 Å². The van der Waals surface area contributed by atoms with Gasteiger partial charge in [-0.15, -0.1) is 0 Å². The normalized spacial score (nSPS) is 16.0. The molecule has 0 amide bonds. The Labute approximate surface area is 280 Å². The minimum atomic E-state index is 0.0403. The first-order chi connectivity index (χ1) is 23.8. The molecule has 0 bridgehead atoms. The minimum Gasteiger partial charge on any atom is -0.341 e. The quantitative estimate of drug-likeness (QED) is 0.192. The first-order valence-corrected chi connectivity index (χ1v) is 16.6. The van der Waals surface area contributed by atoms with Gasteiger partial charge in [0.15, 0.2) is 5.82 Å². The van der Waals surface area contributed by atoms with Crippen molar-refractivity contribution >= 4 is 22.7 Å². The second-order valence-corrected chi connectivity index (χ2v) is 12.3. The van der Waals surface area contributed by atoms with Gasteiger partial charge in [0.05, 0.1) is 29.3 Å². The van der Waals surface area contributed by atoms with Crippen molar-refractivity contribution in [2.75, 3.05) is 16.3 Å². The molecular formula is C43H33N5. The molecule has 5 nitrogen and oxygen atoms in total. The van der Waals surface area contributed by atoms with Crippen molar-refractivity contribution in [2.24, 2.45) is 0 Å². The van der Waals surface area contributed by atoms with Crippen LogP contribution in [0.25, 0.3) is 33.9 Å². The molecule has 0 aliphatic carbocycles. The fourth-order valence-corrected chi connectivity index (χ4v) is 7.62. The Morgan fingerprint density at radius 2 is 1.15 bits per heavy atom. The zero-order chi connectivity index (χ0) is 32.0. The monoisotopic (exact) mass is 619 g/mol. The Morgan fingerprint density at radius 1 is 0.542 bits per heavy atom. The van der Waals surface area contributed by atoms with Gasteiger partial charge in [-0.3, -0.25) is 4.98 Å². The predicted octanol–water partition coefficient (Wildman–Crippen LogP) is 10.4. The van der Waals surface area contributed by atoms with Crippen LogP contribution >= 0.6 is 0 Å². The molecule has 0 radical (unpaired) electrons. The van der Waals surface area contributed by atoms with Gasteiger partial charge in [0.2, 0.25) is 0 Å². The summed E-state index contributed by atoms with van der Waals surface area (Å²) in [6.07, 6.45) is 3.97. The lowest BCUT2D eigenvalue weighted by Gasteiger charge is -2.32. The largest absolute Gasteiger partial charge is 0.341 e. The summed E-state index contributed by atoms with van der Waals surface area (Å²) in [5, 5.41) is 0. The number of nitrogens with zero attached hydrogens (tertiary/aromatic N) is 5. The molecule has 7 aromatic rings. The van der Waals surface area contributed by atoms with E-state index in [0.29, 0.717) is 5.82 Å². The van der Waals surface area contributed by atoms with E-state index in [0.717, 1.165) is 46.0 Å². The second-order valence-electron chi connectivity index (χ2n) is 12.3. The van der Waals surface area contributed by atoms with Crippen LogP contribution in [0.5, 0.6) is 0 Å². The number of fused-ring (bicyclic) bond motifs is 7. The fourth-order valence-electron chi connectivity index (χ4n) is 7.62. The third-order valence-corrected chi connectivity index (χ3v) is 9.69. The van der Waals surface area contributed by atoms with Crippen LogP contribution in [0.4, 0.5) is 22.7 Å². The molecule has 48 heavy (non-hydrogen) atoms. The highest BCUT2D eigenvalue weighted by atomic mass is 15.2.